The Labute approximate surface area is 167 Å². The van der Waals surface area contributed by atoms with E-state index in [4.69, 9.17) is 4.74 Å². The lowest BCUT2D eigenvalue weighted by Gasteiger charge is -2.36. The van der Waals surface area contributed by atoms with Gasteiger partial charge in [0.2, 0.25) is 5.91 Å². The fourth-order valence-corrected chi connectivity index (χ4v) is 4.89. The van der Waals surface area contributed by atoms with E-state index in [2.05, 4.69) is 39.3 Å². The van der Waals surface area contributed by atoms with E-state index in [1.54, 1.807) is 11.3 Å². The molecule has 1 aromatic heterocycles. The molecule has 0 aromatic carbocycles. The zero-order valence-corrected chi connectivity index (χ0v) is 17.8. The summed E-state index contributed by atoms with van der Waals surface area (Å²) in [6.07, 6.45) is 2.94. The number of morpholine rings is 1. The fourth-order valence-electron chi connectivity index (χ4n) is 4.03. The molecule has 0 radical (unpaired) electrons. The molecule has 1 amide bonds. The van der Waals surface area contributed by atoms with Crippen LogP contribution in [0.15, 0.2) is 5.38 Å². The summed E-state index contributed by atoms with van der Waals surface area (Å²) >= 11 is 1.70. The first-order chi connectivity index (χ1) is 13.0. The van der Waals surface area contributed by atoms with E-state index < -0.39 is 0 Å². The smallest absolute Gasteiger partial charge is 0.223 e. The summed E-state index contributed by atoms with van der Waals surface area (Å²) in [6, 6.07) is 0.413. The van der Waals surface area contributed by atoms with Crippen LogP contribution < -0.4 is 10.2 Å². The zero-order valence-electron chi connectivity index (χ0n) is 16.9. The van der Waals surface area contributed by atoms with Crippen molar-refractivity contribution in [2.45, 2.75) is 46.1 Å². The molecule has 1 aromatic rings. The van der Waals surface area contributed by atoms with Crippen LogP contribution in [0.4, 0.5) is 5.13 Å². The Morgan fingerprint density at radius 3 is 2.59 bits per heavy atom. The van der Waals surface area contributed by atoms with Crippen LogP contribution >= 0.6 is 11.3 Å². The van der Waals surface area contributed by atoms with Crippen molar-refractivity contribution < 1.29 is 9.53 Å². The van der Waals surface area contributed by atoms with Gasteiger partial charge in [0.1, 0.15) is 0 Å². The number of aromatic nitrogens is 1. The summed E-state index contributed by atoms with van der Waals surface area (Å²) in [6.45, 7) is 12.7. The third-order valence-corrected chi connectivity index (χ3v) is 6.58. The van der Waals surface area contributed by atoms with Crippen molar-refractivity contribution >= 4 is 22.4 Å². The van der Waals surface area contributed by atoms with Gasteiger partial charge in [0.25, 0.3) is 0 Å². The van der Waals surface area contributed by atoms with Crippen LogP contribution in [0.3, 0.4) is 0 Å². The highest BCUT2D eigenvalue weighted by molar-refractivity contribution is 7.13. The topological polar surface area (TPSA) is 57.7 Å². The lowest BCUT2D eigenvalue weighted by atomic mass is 9.95. The molecule has 152 valence electrons. The van der Waals surface area contributed by atoms with Gasteiger partial charge in [0.15, 0.2) is 5.13 Å². The van der Waals surface area contributed by atoms with Crippen molar-refractivity contribution in [3.8, 4) is 0 Å². The van der Waals surface area contributed by atoms with Gasteiger partial charge in [-0.1, -0.05) is 13.8 Å². The predicted molar refractivity (Wildman–Crippen MR) is 110 cm³/mol. The Morgan fingerprint density at radius 2 is 2.00 bits per heavy atom. The molecular weight excluding hydrogens is 360 g/mol. The highest BCUT2D eigenvalue weighted by Crippen LogP contribution is 2.26. The molecule has 2 aliphatic rings. The highest BCUT2D eigenvalue weighted by atomic mass is 32.1. The largest absolute Gasteiger partial charge is 0.379 e. The van der Waals surface area contributed by atoms with E-state index in [0.717, 1.165) is 76.0 Å². The van der Waals surface area contributed by atoms with Gasteiger partial charge in [-0.25, -0.2) is 4.98 Å². The van der Waals surface area contributed by atoms with Gasteiger partial charge in [-0.2, -0.15) is 0 Å². The molecule has 0 aliphatic carbocycles. The van der Waals surface area contributed by atoms with Crippen molar-refractivity contribution in [3.05, 3.63) is 11.1 Å². The van der Waals surface area contributed by atoms with Crippen LogP contribution in [-0.4, -0.2) is 67.8 Å². The Bertz CT molecular complexity index is 593. The second-order valence-corrected chi connectivity index (χ2v) is 9.05. The molecule has 27 heavy (non-hydrogen) atoms. The van der Waals surface area contributed by atoms with Gasteiger partial charge in [-0.05, 0) is 32.1 Å². The number of hydrogen-bond acceptors (Lipinski definition) is 6. The number of rotatable bonds is 7. The summed E-state index contributed by atoms with van der Waals surface area (Å²) < 4.78 is 5.49. The molecule has 2 saturated heterocycles. The molecule has 1 N–H and O–H groups in total. The second-order valence-electron chi connectivity index (χ2n) is 8.21. The predicted octanol–water partition coefficient (Wildman–Crippen LogP) is 2.53. The molecule has 3 rings (SSSR count). The van der Waals surface area contributed by atoms with Crippen LogP contribution in [0.5, 0.6) is 0 Å². The molecule has 0 saturated carbocycles. The Kier molecular flexibility index (Phi) is 7.49. The van der Waals surface area contributed by atoms with Crippen LogP contribution in [0.1, 0.15) is 38.8 Å². The second kappa shape index (κ2) is 9.85. The maximum atomic E-state index is 12.7. The van der Waals surface area contributed by atoms with Gasteiger partial charge in [0.05, 0.1) is 18.9 Å². The van der Waals surface area contributed by atoms with Crippen molar-refractivity contribution in [1.82, 2.24) is 15.2 Å². The van der Waals surface area contributed by atoms with E-state index in [9.17, 15) is 4.79 Å². The van der Waals surface area contributed by atoms with Gasteiger partial charge in [0, 0.05) is 50.1 Å². The van der Waals surface area contributed by atoms with E-state index >= 15 is 0 Å². The monoisotopic (exact) mass is 394 g/mol. The minimum atomic E-state index is 0.131. The van der Waals surface area contributed by atoms with E-state index in [1.807, 2.05) is 6.92 Å². The van der Waals surface area contributed by atoms with Gasteiger partial charge in [-0.15, -0.1) is 11.3 Å². The summed E-state index contributed by atoms with van der Waals surface area (Å²) in [4.78, 5) is 22.1. The van der Waals surface area contributed by atoms with Crippen LogP contribution in [0, 0.1) is 18.8 Å². The highest BCUT2D eigenvalue weighted by Gasteiger charge is 2.28. The number of carbonyl (C=O) groups excluding carboxylic acids is 1. The molecule has 6 nitrogen and oxygen atoms in total. The maximum Gasteiger partial charge on any atom is 0.223 e. The van der Waals surface area contributed by atoms with E-state index in [0.29, 0.717) is 12.0 Å². The molecule has 7 heteroatoms. The van der Waals surface area contributed by atoms with E-state index in [-0.39, 0.29) is 11.8 Å². The summed E-state index contributed by atoms with van der Waals surface area (Å²) in [7, 11) is 0. The molecule has 0 unspecified atom stereocenters. The quantitative estimate of drug-likeness (QED) is 0.770. The number of hydrogen-bond donors (Lipinski definition) is 1. The lowest BCUT2D eigenvalue weighted by molar-refractivity contribution is -0.126. The molecule has 2 aliphatic heterocycles. The van der Waals surface area contributed by atoms with Crippen LogP contribution in [-0.2, 0) is 9.53 Å². The molecule has 3 heterocycles. The first-order valence-electron chi connectivity index (χ1n) is 10.3. The molecule has 0 spiro atoms. The lowest BCUT2D eigenvalue weighted by Crippen LogP contribution is -2.50. The van der Waals surface area contributed by atoms with Crippen molar-refractivity contribution in [2.75, 3.05) is 50.8 Å². The number of aryl methyl sites for hydroxylation is 1. The summed E-state index contributed by atoms with van der Waals surface area (Å²) in [5, 5.41) is 6.45. The standard InChI is InChI=1S/C20H34N4O2S/c1-15(2)12-18(23-8-10-26-11-9-23)13-21-19(25)17-4-6-24(7-5-17)20-22-16(3)14-27-20/h14-15,17-18H,4-13H2,1-3H3,(H,21,25)/t18-/m1/s1. The zero-order chi connectivity index (χ0) is 19.2. The van der Waals surface area contributed by atoms with Crippen molar-refractivity contribution in [1.29, 1.82) is 0 Å². The van der Waals surface area contributed by atoms with Gasteiger partial charge >= 0.3 is 0 Å². The maximum absolute atomic E-state index is 12.7. The van der Waals surface area contributed by atoms with Gasteiger partial charge in [-0.3, -0.25) is 9.69 Å². The molecular formula is C20H34N4O2S. The fraction of sp³-hybridized carbons (Fsp3) is 0.800. The first-order valence-corrected chi connectivity index (χ1v) is 11.2. The molecule has 1 atom stereocenters. The van der Waals surface area contributed by atoms with Crippen LogP contribution in [0.2, 0.25) is 0 Å². The summed E-state index contributed by atoms with van der Waals surface area (Å²) in [5.41, 5.74) is 1.08. The third kappa shape index (κ3) is 5.90. The minimum absolute atomic E-state index is 0.131. The number of ether oxygens (including phenoxy) is 1. The Balaban J connectivity index is 1.46. The van der Waals surface area contributed by atoms with Crippen LogP contribution in [0.25, 0.3) is 0 Å². The summed E-state index contributed by atoms with van der Waals surface area (Å²) in [5.74, 6) is 0.985. The number of carbonyl (C=O) groups is 1. The number of piperidine rings is 1. The SMILES string of the molecule is Cc1csc(N2CCC(C(=O)NC[C@@H](CC(C)C)N3CCOCC3)CC2)n1. The first kappa shape index (κ1) is 20.6. The van der Waals surface area contributed by atoms with Crippen molar-refractivity contribution in [3.63, 3.8) is 0 Å². The number of amides is 1. The molecule has 2 fully saturated rings. The average Bonchev–Trinajstić information content (AvgIpc) is 3.12. The minimum Gasteiger partial charge on any atom is -0.379 e. The number of nitrogens with zero attached hydrogens (tertiary/aromatic N) is 3. The van der Waals surface area contributed by atoms with Crippen molar-refractivity contribution in [2.24, 2.45) is 11.8 Å². The number of nitrogens with one attached hydrogen (secondary N) is 1. The number of thiazole rings is 1. The Hall–Kier alpha value is -1.18. The average molecular weight is 395 g/mol. The van der Waals surface area contributed by atoms with E-state index in [1.165, 1.54) is 0 Å². The van der Waals surface area contributed by atoms with Gasteiger partial charge < -0.3 is 15.0 Å². The number of anilines is 1. The third-order valence-electron chi connectivity index (χ3n) is 5.56. The molecule has 0 bridgehead atoms. The normalized spacial score (nSPS) is 20.8. The Morgan fingerprint density at radius 1 is 1.30 bits per heavy atom.